The number of benzene rings is 1. The lowest BCUT2D eigenvalue weighted by Gasteiger charge is -2.35. The van der Waals surface area contributed by atoms with Crippen LogP contribution >= 0.6 is 39.7 Å². The molecule has 2 nitrogen and oxygen atoms in total. The molecule has 0 spiro atoms. The SMILES string of the molecule is Cl.Fc1ccc(Br)c([C@H](c2ccsc2)N2CCNCC2)c1. The Hall–Kier alpha value is -0.460. The summed E-state index contributed by atoms with van der Waals surface area (Å²) < 4.78 is 14.6. The van der Waals surface area contributed by atoms with Crippen molar-refractivity contribution in [3.63, 3.8) is 0 Å². The average Bonchev–Trinajstić information content (AvgIpc) is 2.98. The van der Waals surface area contributed by atoms with Gasteiger partial charge in [0.05, 0.1) is 6.04 Å². The molecule has 0 saturated carbocycles. The largest absolute Gasteiger partial charge is 0.314 e. The first-order valence-electron chi connectivity index (χ1n) is 6.67. The average molecular weight is 392 g/mol. The molecule has 2 aromatic rings. The molecular formula is C15H17BrClFN2S. The van der Waals surface area contributed by atoms with Gasteiger partial charge in [0, 0.05) is 30.7 Å². The Morgan fingerprint density at radius 1 is 1.24 bits per heavy atom. The maximum Gasteiger partial charge on any atom is 0.123 e. The van der Waals surface area contributed by atoms with Crippen LogP contribution in [0.2, 0.25) is 0 Å². The van der Waals surface area contributed by atoms with Crippen molar-refractivity contribution in [2.45, 2.75) is 6.04 Å². The van der Waals surface area contributed by atoms with E-state index >= 15 is 0 Å². The van der Waals surface area contributed by atoms with Crippen LogP contribution in [0.1, 0.15) is 17.2 Å². The lowest BCUT2D eigenvalue weighted by atomic mass is 9.98. The molecule has 6 heteroatoms. The zero-order chi connectivity index (χ0) is 13.9. The summed E-state index contributed by atoms with van der Waals surface area (Å²) >= 11 is 5.26. The van der Waals surface area contributed by atoms with Gasteiger partial charge in [-0.05, 0) is 46.2 Å². The number of hydrogen-bond donors (Lipinski definition) is 1. The second-order valence-corrected chi connectivity index (χ2v) is 6.55. The summed E-state index contributed by atoms with van der Waals surface area (Å²) in [7, 11) is 0. The van der Waals surface area contributed by atoms with E-state index in [4.69, 9.17) is 0 Å². The molecule has 1 aromatic heterocycles. The number of halogens is 3. The number of hydrogen-bond acceptors (Lipinski definition) is 3. The van der Waals surface area contributed by atoms with Gasteiger partial charge in [0.25, 0.3) is 0 Å². The van der Waals surface area contributed by atoms with Crippen molar-refractivity contribution in [2.24, 2.45) is 0 Å². The van der Waals surface area contributed by atoms with E-state index in [0.29, 0.717) is 0 Å². The van der Waals surface area contributed by atoms with E-state index in [0.717, 1.165) is 36.2 Å². The maximum atomic E-state index is 13.7. The molecule has 1 saturated heterocycles. The highest BCUT2D eigenvalue weighted by molar-refractivity contribution is 9.10. The zero-order valence-electron chi connectivity index (χ0n) is 11.4. The van der Waals surface area contributed by atoms with Crippen molar-refractivity contribution in [1.82, 2.24) is 10.2 Å². The fourth-order valence-corrected chi connectivity index (χ4v) is 3.82. The van der Waals surface area contributed by atoms with E-state index in [1.807, 2.05) is 0 Å². The predicted molar refractivity (Wildman–Crippen MR) is 92.0 cm³/mol. The van der Waals surface area contributed by atoms with Crippen LogP contribution in [-0.2, 0) is 0 Å². The van der Waals surface area contributed by atoms with Crippen LogP contribution in [0, 0.1) is 5.82 Å². The summed E-state index contributed by atoms with van der Waals surface area (Å²) in [4.78, 5) is 2.41. The first-order valence-corrected chi connectivity index (χ1v) is 8.41. The van der Waals surface area contributed by atoms with Gasteiger partial charge < -0.3 is 5.32 Å². The Kier molecular flexibility index (Phi) is 6.20. The van der Waals surface area contributed by atoms with Crippen molar-refractivity contribution < 1.29 is 4.39 Å². The van der Waals surface area contributed by atoms with Gasteiger partial charge >= 0.3 is 0 Å². The topological polar surface area (TPSA) is 15.3 Å². The van der Waals surface area contributed by atoms with Crippen LogP contribution in [0.25, 0.3) is 0 Å². The van der Waals surface area contributed by atoms with Crippen LogP contribution in [0.5, 0.6) is 0 Å². The lowest BCUT2D eigenvalue weighted by molar-refractivity contribution is 0.198. The van der Waals surface area contributed by atoms with E-state index in [9.17, 15) is 4.39 Å². The third kappa shape index (κ3) is 3.85. The molecule has 3 rings (SSSR count). The van der Waals surface area contributed by atoms with Crippen LogP contribution in [0.15, 0.2) is 39.5 Å². The molecule has 0 amide bonds. The molecule has 0 aliphatic carbocycles. The molecule has 1 N–H and O–H groups in total. The summed E-state index contributed by atoms with van der Waals surface area (Å²) in [5, 5.41) is 7.61. The molecule has 1 aliphatic heterocycles. The number of thiophene rings is 1. The van der Waals surface area contributed by atoms with Crippen molar-refractivity contribution in [3.8, 4) is 0 Å². The van der Waals surface area contributed by atoms with Gasteiger partial charge in [-0.3, -0.25) is 4.90 Å². The van der Waals surface area contributed by atoms with Crippen LogP contribution in [0.3, 0.4) is 0 Å². The van der Waals surface area contributed by atoms with E-state index in [2.05, 4.69) is 43.0 Å². The summed E-state index contributed by atoms with van der Waals surface area (Å²) in [5.74, 6) is -0.182. The summed E-state index contributed by atoms with van der Waals surface area (Å²) in [6, 6.07) is 7.19. The quantitative estimate of drug-likeness (QED) is 0.848. The number of nitrogens with one attached hydrogen (secondary N) is 1. The van der Waals surface area contributed by atoms with Gasteiger partial charge in [0.1, 0.15) is 5.82 Å². The number of nitrogens with zero attached hydrogens (tertiary/aromatic N) is 1. The summed E-state index contributed by atoms with van der Waals surface area (Å²) in [5.41, 5.74) is 2.24. The second kappa shape index (κ2) is 7.70. The molecule has 2 heterocycles. The second-order valence-electron chi connectivity index (χ2n) is 4.91. The van der Waals surface area contributed by atoms with Crippen molar-refractivity contribution in [3.05, 3.63) is 56.4 Å². The van der Waals surface area contributed by atoms with Crippen LogP contribution < -0.4 is 5.32 Å². The van der Waals surface area contributed by atoms with Crippen LogP contribution in [-0.4, -0.2) is 31.1 Å². The third-order valence-electron chi connectivity index (χ3n) is 3.63. The van der Waals surface area contributed by atoms with Crippen molar-refractivity contribution in [2.75, 3.05) is 26.2 Å². The fourth-order valence-electron chi connectivity index (χ4n) is 2.68. The molecule has 1 atom stereocenters. The van der Waals surface area contributed by atoms with Gasteiger partial charge in [-0.15, -0.1) is 12.4 Å². The lowest BCUT2D eigenvalue weighted by Crippen LogP contribution is -2.45. The molecule has 1 aromatic carbocycles. The molecule has 1 aliphatic rings. The first-order chi connectivity index (χ1) is 9.75. The molecule has 0 unspecified atom stereocenters. The van der Waals surface area contributed by atoms with Gasteiger partial charge in [0.15, 0.2) is 0 Å². The maximum absolute atomic E-state index is 13.7. The zero-order valence-corrected chi connectivity index (χ0v) is 14.6. The standard InChI is InChI=1S/C15H16BrFN2S.ClH/c16-14-2-1-12(17)9-13(14)15(11-3-8-20-10-11)19-6-4-18-5-7-19;/h1-3,8-10,15,18H,4-7H2;1H/t15-;/m0./s1. The number of piperazine rings is 1. The van der Waals surface area contributed by atoms with Gasteiger partial charge in [-0.1, -0.05) is 15.9 Å². The van der Waals surface area contributed by atoms with E-state index in [-0.39, 0.29) is 24.3 Å². The molecular weight excluding hydrogens is 375 g/mol. The van der Waals surface area contributed by atoms with Crippen LogP contribution in [0.4, 0.5) is 4.39 Å². The highest BCUT2D eigenvalue weighted by Gasteiger charge is 2.26. The first kappa shape index (κ1) is 16.9. The highest BCUT2D eigenvalue weighted by atomic mass is 79.9. The minimum Gasteiger partial charge on any atom is -0.314 e. The highest BCUT2D eigenvalue weighted by Crippen LogP contribution is 2.35. The van der Waals surface area contributed by atoms with E-state index < -0.39 is 0 Å². The predicted octanol–water partition coefficient (Wildman–Crippen LogP) is 4.07. The molecule has 21 heavy (non-hydrogen) atoms. The summed E-state index contributed by atoms with van der Waals surface area (Å²) in [6.45, 7) is 3.91. The minimum atomic E-state index is -0.182. The Balaban J connectivity index is 0.00000161. The molecule has 114 valence electrons. The van der Waals surface area contributed by atoms with Gasteiger partial charge in [-0.25, -0.2) is 4.39 Å². The normalized spacial score (nSPS) is 17.2. The molecule has 0 bridgehead atoms. The smallest absolute Gasteiger partial charge is 0.123 e. The monoisotopic (exact) mass is 390 g/mol. The molecule has 1 fully saturated rings. The Morgan fingerprint density at radius 3 is 2.67 bits per heavy atom. The van der Waals surface area contributed by atoms with Gasteiger partial charge in [0.2, 0.25) is 0 Å². The third-order valence-corrected chi connectivity index (χ3v) is 5.05. The molecule has 0 radical (unpaired) electrons. The Bertz CT molecular complexity index is 573. The number of rotatable bonds is 3. The van der Waals surface area contributed by atoms with E-state index in [1.54, 1.807) is 23.5 Å². The van der Waals surface area contributed by atoms with Crippen molar-refractivity contribution >= 4 is 39.7 Å². The Morgan fingerprint density at radius 2 is 2.00 bits per heavy atom. The fraction of sp³-hybridized carbons (Fsp3) is 0.333. The Labute approximate surface area is 142 Å². The summed E-state index contributed by atoms with van der Waals surface area (Å²) in [6.07, 6.45) is 0. The van der Waals surface area contributed by atoms with Gasteiger partial charge in [-0.2, -0.15) is 11.3 Å². The van der Waals surface area contributed by atoms with E-state index in [1.165, 1.54) is 11.6 Å². The minimum absolute atomic E-state index is 0. The van der Waals surface area contributed by atoms with Crippen molar-refractivity contribution in [1.29, 1.82) is 0 Å².